The van der Waals surface area contributed by atoms with E-state index >= 15 is 0 Å². The number of carboxylic acids is 1. The van der Waals surface area contributed by atoms with E-state index in [1.54, 1.807) is 12.1 Å². The standard InChI is InChI=1S/C13H12N2O5.Na/c1-18-10-7-11(15-13(14-10)19-2)20-9-6-4-3-5-8(9)12(16)17;/h3-7H,1-2H3,(H,16,17);/q;+1/p-1. The topological polar surface area (TPSA) is 93.6 Å². The molecule has 0 bridgehead atoms. The SMILES string of the molecule is COc1cc(Oc2ccccc2C(=O)[O-])nc(OC)n1.[Na+]. The number of carboxylic acid groups (broad SMARTS) is 1. The molecule has 0 saturated carbocycles. The molecule has 0 N–H and O–H groups in total. The first-order valence-electron chi connectivity index (χ1n) is 5.59. The molecule has 0 fully saturated rings. The Morgan fingerprint density at radius 3 is 2.38 bits per heavy atom. The fourth-order valence-corrected chi connectivity index (χ4v) is 1.47. The largest absolute Gasteiger partial charge is 1.00 e. The number of hydrogen-bond donors (Lipinski definition) is 0. The average molecular weight is 298 g/mol. The fraction of sp³-hybridized carbons (Fsp3) is 0.154. The van der Waals surface area contributed by atoms with Crippen LogP contribution in [0.25, 0.3) is 0 Å². The number of carbonyl (C=O) groups is 1. The van der Waals surface area contributed by atoms with Crippen molar-refractivity contribution in [2.75, 3.05) is 14.2 Å². The number of carbonyl (C=O) groups excluding carboxylic acids is 1. The molecular formula is C13H11N2NaO5. The second-order valence-electron chi connectivity index (χ2n) is 3.62. The van der Waals surface area contributed by atoms with E-state index < -0.39 is 5.97 Å². The summed E-state index contributed by atoms with van der Waals surface area (Å²) in [5.41, 5.74) is -0.0796. The summed E-state index contributed by atoms with van der Waals surface area (Å²) in [6.07, 6.45) is 0. The molecule has 0 amide bonds. The Balaban J connectivity index is 0.00000220. The Morgan fingerprint density at radius 2 is 1.76 bits per heavy atom. The molecule has 7 nitrogen and oxygen atoms in total. The second-order valence-corrected chi connectivity index (χ2v) is 3.62. The number of nitrogens with zero attached hydrogens (tertiary/aromatic N) is 2. The summed E-state index contributed by atoms with van der Waals surface area (Å²) in [5.74, 6) is -0.899. The minimum Gasteiger partial charge on any atom is -0.545 e. The van der Waals surface area contributed by atoms with Crippen LogP contribution in [0.15, 0.2) is 30.3 Å². The van der Waals surface area contributed by atoms with Crippen molar-refractivity contribution in [2.24, 2.45) is 0 Å². The van der Waals surface area contributed by atoms with Gasteiger partial charge in [0.1, 0.15) is 5.75 Å². The molecule has 2 aromatic rings. The normalized spacial score (nSPS) is 9.43. The maximum atomic E-state index is 11.0. The maximum Gasteiger partial charge on any atom is 1.00 e. The van der Waals surface area contributed by atoms with Gasteiger partial charge >= 0.3 is 35.6 Å². The van der Waals surface area contributed by atoms with Crippen LogP contribution in [0.1, 0.15) is 10.4 Å². The Morgan fingerprint density at radius 1 is 1.10 bits per heavy atom. The van der Waals surface area contributed by atoms with Crippen molar-refractivity contribution in [3.63, 3.8) is 0 Å². The molecule has 1 heterocycles. The maximum absolute atomic E-state index is 11.0. The number of benzene rings is 1. The molecule has 0 spiro atoms. The fourth-order valence-electron chi connectivity index (χ4n) is 1.47. The van der Waals surface area contributed by atoms with Gasteiger partial charge in [-0.05, 0) is 12.1 Å². The van der Waals surface area contributed by atoms with Crippen LogP contribution in [0.5, 0.6) is 23.5 Å². The number of aromatic nitrogens is 2. The van der Waals surface area contributed by atoms with Gasteiger partial charge in [0.15, 0.2) is 0 Å². The molecule has 1 aromatic carbocycles. The summed E-state index contributed by atoms with van der Waals surface area (Å²) < 4.78 is 15.3. The monoisotopic (exact) mass is 298 g/mol. The van der Waals surface area contributed by atoms with Crippen molar-refractivity contribution in [3.05, 3.63) is 35.9 Å². The summed E-state index contributed by atoms with van der Waals surface area (Å²) in [5, 5.41) is 11.0. The van der Waals surface area contributed by atoms with Gasteiger partial charge in [0.05, 0.1) is 26.3 Å². The zero-order valence-electron chi connectivity index (χ0n) is 11.8. The van der Waals surface area contributed by atoms with Gasteiger partial charge in [-0.15, -0.1) is 0 Å². The minimum atomic E-state index is -1.34. The summed E-state index contributed by atoms with van der Waals surface area (Å²) >= 11 is 0. The van der Waals surface area contributed by atoms with E-state index in [0.29, 0.717) is 0 Å². The van der Waals surface area contributed by atoms with Crippen molar-refractivity contribution in [3.8, 4) is 23.5 Å². The van der Waals surface area contributed by atoms with Crippen LogP contribution in [-0.4, -0.2) is 30.2 Å². The summed E-state index contributed by atoms with van der Waals surface area (Å²) in [6, 6.07) is 7.53. The average Bonchev–Trinajstić information content (AvgIpc) is 2.47. The van der Waals surface area contributed by atoms with E-state index in [-0.39, 0.29) is 58.6 Å². The Kier molecular flexibility index (Phi) is 6.41. The van der Waals surface area contributed by atoms with Crippen LogP contribution in [0.3, 0.4) is 0 Å². The Bertz CT molecular complexity index is 613. The molecule has 0 saturated heterocycles. The van der Waals surface area contributed by atoms with Gasteiger partial charge in [-0.3, -0.25) is 0 Å². The van der Waals surface area contributed by atoms with Crippen molar-refractivity contribution >= 4 is 5.97 Å². The van der Waals surface area contributed by atoms with Gasteiger partial charge in [0.2, 0.25) is 11.8 Å². The number of aromatic carboxylic acids is 1. The second kappa shape index (κ2) is 7.82. The van der Waals surface area contributed by atoms with Crippen molar-refractivity contribution in [2.45, 2.75) is 0 Å². The van der Waals surface area contributed by atoms with Crippen LogP contribution in [0, 0.1) is 0 Å². The van der Waals surface area contributed by atoms with E-state index in [2.05, 4.69) is 9.97 Å². The van der Waals surface area contributed by atoms with Gasteiger partial charge < -0.3 is 24.1 Å². The van der Waals surface area contributed by atoms with E-state index in [4.69, 9.17) is 14.2 Å². The van der Waals surface area contributed by atoms with Crippen molar-refractivity contribution in [1.82, 2.24) is 9.97 Å². The molecule has 1 aromatic heterocycles. The molecule has 104 valence electrons. The number of ether oxygens (including phenoxy) is 3. The number of hydrogen-bond acceptors (Lipinski definition) is 7. The van der Waals surface area contributed by atoms with Crippen molar-refractivity contribution in [1.29, 1.82) is 0 Å². The quantitative estimate of drug-likeness (QED) is 0.571. The minimum absolute atomic E-state index is 0. The molecule has 0 aliphatic heterocycles. The predicted molar refractivity (Wildman–Crippen MR) is 66.0 cm³/mol. The van der Waals surface area contributed by atoms with Crippen LogP contribution < -0.4 is 48.9 Å². The number of rotatable bonds is 5. The van der Waals surface area contributed by atoms with Gasteiger partial charge in [0.25, 0.3) is 0 Å². The van der Waals surface area contributed by atoms with Gasteiger partial charge in [-0.2, -0.15) is 9.97 Å². The van der Waals surface area contributed by atoms with E-state index in [1.807, 2.05) is 0 Å². The molecule has 0 aliphatic carbocycles. The molecule has 0 aliphatic rings. The van der Waals surface area contributed by atoms with E-state index in [1.165, 1.54) is 32.4 Å². The zero-order chi connectivity index (χ0) is 14.5. The van der Waals surface area contributed by atoms with Gasteiger partial charge in [-0.25, -0.2) is 0 Å². The third-order valence-corrected chi connectivity index (χ3v) is 2.37. The van der Waals surface area contributed by atoms with Gasteiger partial charge in [-0.1, -0.05) is 12.1 Å². The van der Waals surface area contributed by atoms with Crippen molar-refractivity contribution < 1.29 is 53.7 Å². The first-order valence-corrected chi connectivity index (χ1v) is 5.59. The molecule has 0 atom stereocenters. The van der Waals surface area contributed by atoms with E-state index in [9.17, 15) is 9.90 Å². The third-order valence-electron chi connectivity index (χ3n) is 2.37. The van der Waals surface area contributed by atoms with Gasteiger partial charge in [0, 0.05) is 5.56 Å². The smallest absolute Gasteiger partial charge is 0.545 e. The Hall–Kier alpha value is -1.83. The third kappa shape index (κ3) is 4.32. The molecule has 8 heteroatoms. The first kappa shape index (κ1) is 17.2. The van der Waals surface area contributed by atoms with E-state index in [0.717, 1.165) is 0 Å². The number of para-hydroxylation sites is 1. The summed E-state index contributed by atoms with van der Waals surface area (Å²) in [7, 11) is 2.83. The van der Waals surface area contributed by atoms with Crippen LogP contribution in [0.4, 0.5) is 0 Å². The molecule has 2 rings (SSSR count). The molecule has 0 unspecified atom stereocenters. The zero-order valence-corrected chi connectivity index (χ0v) is 13.8. The number of methoxy groups -OCH3 is 2. The summed E-state index contributed by atoms with van der Waals surface area (Å²) in [4.78, 5) is 18.8. The van der Waals surface area contributed by atoms with Crippen LogP contribution in [0.2, 0.25) is 0 Å². The molecule has 21 heavy (non-hydrogen) atoms. The summed E-state index contributed by atoms with van der Waals surface area (Å²) in [6.45, 7) is 0. The predicted octanol–water partition coefficient (Wildman–Crippen LogP) is -2.35. The molecule has 0 radical (unpaired) electrons. The van der Waals surface area contributed by atoms with Crippen LogP contribution >= 0.6 is 0 Å². The van der Waals surface area contributed by atoms with Crippen LogP contribution in [-0.2, 0) is 0 Å². The Labute approximate surface area is 143 Å². The first-order chi connectivity index (χ1) is 9.63. The molecular weight excluding hydrogens is 287 g/mol.